The summed E-state index contributed by atoms with van der Waals surface area (Å²) in [4.78, 5) is 0. The second-order valence-electron chi connectivity index (χ2n) is 4.61. The molecular formula is C12H21N3O. The highest BCUT2D eigenvalue weighted by atomic mass is 16.3. The Bertz CT molecular complexity index is 348. The lowest BCUT2D eigenvalue weighted by molar-refractivity contribution is 0.148. The van der Waals surface area contributed by atoms with Crippen molar-refractivity contribution < 1.29 is 5.11 Å². The minimum Gasteiger partial charge on any atom is -0.392 e. The summed E-state index contributed by atoms with van der Waals surface area (Å²) in [5, 5.41) is 17.6. The standard InChI is InChI=1S/C12H21N3O/c1-3-10-9(8-15(2)14-10)7-13-11-5-4-6-12(11)16/h8,11-13,16H,3-7H2,1-2H3/t11-,12-/m0/s1. The van der Waals surface area contributed by atoms with Gasteiger partial charge in [-0.3, -0.25) is 4.68 Å². The highest BCUT2D eigenvalue weighted by Crippen LogP contribution is 2.19. The first-order valence-corrected chi connectivity index (χ1v) is 6.13. The van der Waals surface area contributed by atoms with Gasteiger partial charge in [0.15, 0.2) is 0 Å². The van der Waals surface area contributed by atoms with Gasteiger partial charge in [0, 0.05) is 31.4 Å². The summed E-state index contributed by atoms with van der Waals surface area (Å²) in [6, 6.07) is 0.268. The topological polar surface area (TPSA) is 50.1 Å². The molecule has 0 aromatic carbocycles. The number of hydrogen-bond acceptors (Lipinski definition) is 3. The molecule has 2 N–H and O–H groups in total. The van der Waals surface area contributed by atoms with Crippen LogP contribution in [0.3, 0.4) is 0 Å². The van der Waals surface area contributed by atoms with E-state index in [1.807, 2.05) is 11.7 Å². The summed E-state index contributed by atoms with van der Waals surface area (Å²) in [6.07, 6.45) is 6.01. The molecule has 0 saturated heterocycles. The zero-order valence-corrected chi connectivity index (χ0v) is 10.1. The van der Waals surface area contributed by atoms with Gasteiger partial charge in [-0.2, -0.15) is 5.10 Å². The van der Waals surface area contributed by atoms with Crippen LogP contribution in [0.1, 0.15) is 37.4 Å². The SMILES string of the molecule is CCc1nn(C)cc1CN[C@H]1CCC[C@@H]1O. The Labute approximate surface area is 96.7 Å². The lowest BCUT2D eigenvalue weighted by atomic mass is 10.1. The fourth-order valence-electron chi connectivity index (χ4n) is 2.45. The van der Waals surface area contributed by atoms with Gasteiger partial charge in [-0.1, -0.05) is 6.92 Å². The molecule has 2 atom stereocenters. The van der Waals surface area contributed by atoms with Gasteiger partial charge in [-0.15, -0.1) is 0 Å². The van der Waals surface area contributed by atoms with E-state index < -0.39 is 0 Å². The summed E-state index contributed by atoms with van der Waals surface area (Å²) in [5.74, 6) is 0. The monoisotopic (exact) mass is 223 g/mol. The zero-order chi connectivity index (χ0) is 11.5. The number of nitrogens with one attached hydrogen (secondary N) is 1. The van der Waals surface area contributed by atoms with E-state index in [1.165, 1.54) is 5.56 Å². The van der Waals surface area contributed by atoms with Gasteiger partial charge in [-0.05, 0) is 25.7 Å². The van der Waals surface area contributed by atoms with Crippen molar-refractivity contribution >= 4 is 0 Å². The molecule has 16 heavy (non-hydrogen) atoms. The maximum absolute atomic E-state index is 9.72. The third kappa shape index (κ3) is 2.44. The summed E-state index contributed by atoms with van der Waals surface area (Å²) in [6.45, 7) is 2.94. The minimum atomic E-state index is -0.165. The number of hydrogen-bond donors (Lipinski definition) is 2. The van der Waals surface area contributed by atoms with Gasteiger partial charge in [0.25, 0.3) is 0 Å². The molecule has 0 radical (unpaired) electrons. The van der Waals surface area contributed by atoms with Crippen LogP contribution in [0.4, 0.5) is 0 Å². The Morgan fingerprint density at radius 3 is 3.00 bits per heavy atom. The molecule has 1 saturated carbocycles. The first-order chi connectivity index (χ1) is 7.70. The van der Waals surface area contributed by atoms with Crippen molar-refractivity contribution in [1.29, 1.82) is 0 Å². The largest absolute Gasteiger partial charge is 0.392 e. The summed E-state index contributed by atoms with van der Waals surface area (Å²) < 4.78 is 1.86. The third-order valence-corrected chi connectivity index (χ3v) is 3.36. The molecule has 1 heterocycles. The molecule has 1 aromatic heterocycles. The molecule has 2 rings (SSSR count). The lowest BCUT2D eigenvalue weighted by Crippen LogP contribution is -2.35. The number of aryl methyl sites for hydroxylation is 2. The van der Waals surface area contributed by atoms with Crippen LogP contribution >= 0.6 is 0 Å². The van der Waals surface area contributed by atoms with Crippen LogP contribution in [0.5, 0.6) is 0 Å². The Morgan fingerprint density at radius 2 is 2.38 bits per heavy atom. The fraction of sp³-hybridized carbons (Fsp3) is 0.750. The average Bonchev–Trinajstić information content (AvgIpc) is 2.81. The van der Waals surface area contributed by atoms with Crippen molar-refractivity contribution in [2.75, 3.05) is 0 Å². The van der Waals surface area contributed by atoms with E-state index in [2.05, 4.69) is 23.5 Å². The molecule has 0 bridgehead atoms. The molecule has 0 amide bonds. The van der Waals surface area contributed by atoms with E-state index in [-0.39, 0.29) is 12.1 Å². The Morgan fingerprint density at radius 1 is 1.56 bits per heavy atom. The average molecular weight is 223 g/mol. The predicted octanol–water partition coefficient (Wildman–Crippen LogP) is 0.985. The molecule has 4 nitrogen and oxygen atoms in total. The van der Waals surface area contributed by atoms with Crippen LogP contribution in [0.15, 0.2) is 6.20 Å². The lowest BCUT2D eigenvalue weighted by Gasteiger charge is -2.15. The highest BCUT2D eigenvalue weighted by molar-refractivity contribution is 5.16. The first kappa shape index (κ1) is 11.6. The molecule has 1 aliphatic carbocycles. The normalized spacial score (nSPS) is 25.2. The van der Waals surface area contributed by atoms with Gasteiger partial charge in [0.2, 0.25) is 0 Å². The number of aromatic nitrogens is 2. The molecule has 0 spiro atoms. The maximum atomic E-state index is 9.72. The van der Waals surface area contributed by atoms with E-state index in [4.69, 9.17) is 0 Å². The number of aliphatic hydroxyl groups excluding tert-OH is 1. The van der Waals surface area contributed by atoms with Crippen molar-refractivity contribution in [3.8, 4) is 0 Å². The van der Waals surface area contributed by atoms with E-state index in [9.17, 15) is 5.11 Å². The number of nitrogens with zero attached hydrogens (tertiary/aromatic N) is 2. The van der Waals surface area contributed by atoms with Crippen molar-refractivity contribution in [3.63, 3.8) is 0 Å². The van der Waals surface area contributed by atoms with Crippen LogP contribution in [-0.4, -0.2) is 27.0 Å². The summed E-state index contributed by atoms with van der Waals surface area (Å²) in [5.41, 5.74) is 2.41. The molecule has 90 valence electrons. The predicted molar refractivity (Wildman–Crippen MR) is 63.1 cm³/mol. The van der Waals surface area contributed by atoms with E-state index in [1.54, 1.807) is 0 Å². The van der Waals surface area contributed by atoms with Gasteiger partial charge in [0.05, 0.1) is 11.8 Å². The van der Waals surface area contributed by atoms with E-state index in [0.717, 1.165) is 37.9 Å². The van der Waals surface area contributed by atoms with Gasteiger partial charge in [-0.25, -0.2) is 0 Å². The van der Waals surface area contributed by atoms with Crippen molar-refractivity contribution in [3.05, 3.63) is 17.5 Å². The summed E-state index contributed by atoms with van der Waals surface area (Å²) in [7, 11) is 1.95. The molecular weight excluding hydrogens is 202 g/mol. The van der Waals surface area contributed by atoms with Crippen LogP contribution in [-0.2, 0) is 20.0 Å². The smallest absolute Gasteiger partial charge is 0.0693 e. The van der Waals surface area contributed by atoms with Crippen LogP contribution in [0, 0.1) is 0 Å². The zero-order valence-electron chi connectivity index (χ0n) is 10.1. The van der Waals surface area contributed by atoms with E-state index in [0.29, 0.717) is 0 Å². The first-order valence-electron chi connectivity index (χ1n) is 6.13. The van der Waals surface area contributed by atoms with E-state index >= 15 is 0 Å². The van der Waals surface area contributed by atoms with Gasteiger partial charge in [0.1, 0.15) is 0 Å². The van der Waals surface area contributed by atoms with Gasteiger partial charge >= 0.3 is 0 Å². The second-order valence-corrected chi connectivity index (χ2v) is 4.61. The molecule has 0 unspecified atom stereocenters. The van der Waals surface area contributed by atoms with Crippen molar-refractivity contribution in [1.82, 2.24) is 15.1 Å². The summed E-state index contributed by atoms with van der Waals surface area (Å²) >= 11 is 0. The molecule has 4 heteroatoms. The van der Waals surface area contributed by atoms with Gasteiger partial charge < -0.3 is 10.4 Å². The third-order valence-electron chi connectivity index (χ3n) is 3.36. The fourth-order valence-corrected chi connectivity index (χ4v) is 2.45. The highest BCUT2D eigenvalue weighted by Gasteiger charge is 2.24. The molecule has 1 aromatic rings. The maximum Gasteiger partial charge on any atom is 0.0693 e. The minimum absolute atomic E-state index is 0.165. The Kier molecular flexibility index (Phi) is 3.61. The van der Waals surface area contributed by atoms with Crippen molar-refractivity contribution in [2.24, 2.45) is 7.05 Å². The number of rotatable bonds is 4. The Balaban J connectivity index is 1.93. The van der Waals surface area contributed by atoms with Crippen LogP contribution in [0.25, 0.3) is 0 Å². The van der Waals surface area contributed by atoms with Crippen LogP contribution in [0.2, 0.25) is 0 Å². The molecule has 1 aliphatic rings. The number of aliphatic hydroxyl groups is 1. The molecule has 1 fully saturated rings. The second kappa shape index (κ2) is 4.97. The Hall–Kier alpha value is -0.870. The van der Waals surface area contributed by atoms with Crippen LogP contribution < -0.4 is 5.32 Å². The van der Waals surface area contributed by atoms with Crippen molar-refractivity contribution in [2.45, 2.75) is 51.3 Å². The molecule has 0 aliphatic heterocycles. The quantitative estimate of drug-likeness (QED) is 0.800.